The van der Waals surface area contributed by atoms with Crippen LogP contribution >= 0.6 is 0 Å². The first-order valence-corrected chi connectivity index (χ1v) is 6.79. The van der Waals surface area contributed by atoms with E-state index in [9.17, 15) is 13.2 Å². The SMILES string of the molecule is Cn1ncnc1NS(=O)(=O)c1ccc(N)cc1C(=O)O. The maximum absolute atomic E-state index is 12.2. The van der Waals surface area contributed by atoms with Crippen molar-refractivity contribution in [3.05, 3.63) is 30.1 Å². The molecule has 0 bridgehead atoms. The number of carboxylic acid groups (broad SMARTS) is 1. The van der Waals surface area contributed by atoms with Crippen LogP contribution in [-0.2, 0) is 17.1 Å². The van der Waals surface area contributed by atoms with Gasteiger partial charge in [0.15, 0.2) is 0 Å². The van der Waals surface area contributed by atoms with Gasteiger partial charge in [0.05, 0.1) is 5.56 Å². The Labute approximate surface area is 114 Å². The molecule has 2 aromatic rings. The lowest BCUT2D eigenvalue weighted by Gasteiger charge is -2.09. The van der Waals surface area contributed by atoms with E-state index in [0.717, 1.165) is 12.1 Å². The molecule has 0 unspecified atom stereocenters. The molecule has 0 radical (unpaired) electrons. The Balaban J connectivity index is 2.50. The molecule has 10 heteroatoms. The van der Waals surface area contributed by atoms with Gasteiger partial charge in [-0.05, 0) is 18.2 Å². The number of nitrogens with two attached hydrogens (primary N) is 1. The van der Waals surface area contributed by atoms with Gasteiger partial charge in [-0.3, -0.25) is 0 Å². The second-order valence-corrected chi connectivity index (χ2v) is 5.52. The summed E-state index contributed by atoms with van der Waals surface area (Å²) >= 11 is 0. The summed E-state index contributed by atoms with van der Waals surface area (Å²) in [6.07, 6.45) is 1.17. The summed E-state index contributed by atoms with van der Waals surface area (Å²) in [5.74, 6) is -1.42. The molecule has 0 saturated carbocycles. The van der Waals surface area contributed by atoms with E-state index in [1.807, 2.05) is 0 Å². The Morgan fingerprint density at radius 3 is 2.70 bits per heavy atom. The molecule has 0 fully saturated rings. The molecule has 0 aliphatic carbocycles. The average Bonchev–Trinajstić information content (AvgIpc) is 2.74. The molecular formula is C10H11N5O4S. The summed E-state index contributed by atoms with van der Waals surface area (Å²) in [5, 5.41) is 12.8. The summed E-state index contributed by atoms with van der Waals surface area (Å²) in [4.78, 5) is 14.4. The van der Waals surface area contributed by atoms with Crippen LogP contribution in [0, 0.1) is 0 Å². The first-order valence-electron chi connectivity index (χ1n) is 5.31. The van der Waals surface area contributed by atoms with E-state index in [1.165, 1.54) is 24.1 Å². The van der Waals surface area contributed by atoms with Crippen molar-refractivity contribution in [3.8, 4) is 0 Å². The lowest BCUT2D eigenvalue weighted by Crippen LogP contribution is -2.19. The maximum Gasteiger partial charge on any atom is 0.337 e. The third-order valence-electron chi connectivity index (χ3n) is 2.46. The largest absolute Gasteiger partial charge is 0.478 e. The van der Waals surface area contributed by atoms with Crippen LogP contribution in [0.25, 0.3) is 0 Å². The predicted octanol–water partition coefficient (Wildman–Crippen LogP) is -0.104. The van der Waals surface area contributed by atoms with Crippen LogP contribution in [-0.4, -0.2) is 34.3 Å². The Morgan fingerprint density at radius 1 is 1.45 bits per heavy atom. The summed E-state index contributed by atoms with van der Waals surface area (Å²) < 4.78 is 27.7. The topological polar surface area (TPSA) is 140 Å². The van der Waals surface area contributed by atoms with Crippen LogP contribution < -0.4 is 10.5 Å². The molecule has 9 nitrogen and oxygen atoms in total. The highest BCUT2D eigenvalue weighted by atomic mass is 32.2. The number of aryl methyl sites for hydroxylation is 1. The molecule has 4 N–H and O–H groups in total. The van der Waals surface area contributed by atoms with E-state index >= 15 is 0 Å². The van der Waals surface area contributed by atoms with Crippen molar-refractivity contribution in [3.63, 3.8) is 0 Å². The second-order valence-electron chi connectivity index (χ2n) is 3.87. The number of carbonyl (C=O) groups is 1. The van der Waals surface area contributed by atoms with Crippen molar-refractivity contribution in [1.29, 1.82) is 0 Å². The van der Waals surface area contributed by atoms with Gasteiger partial charge in [0, 0.05) is 12.7 Å². The van der Waals surface area contributed by atoms with E-state index in [1.54, 1.807) is 0 Å². The Morgan fingerprint density at radius 2 is 2.15 bits per heavy atom. The van der Waals surface area contributed by atoms with Crippen LogP contribution in [0.5, 0.6) is 0 Å². The number of benzene rings is 1. The molecule has 2 rings (SSSR count). The number of sulfonamides is 1. The summed E-state index contributed by atoms with van der Waals surface area (Å²) in [6, 6.07) is 3.50. The number of hydrogen-bond acceptors (Lipinski definition) is 6. The average molecular weight is 297 g/mol. The van der Waals surface area contributed by atoms with Gasteiger partial charge in [0.1, 0.15) is 11.2 Å². The normalized spacial score (nSPS) is 11.2. The third kappa shape index (κ3) is 2.54. The molecule has 0 aliphatic rings. The van der Waals surface area contributed by atoms with Gasteiger partial charge < -0.3 is 10.8 Å². The van der Waals surface area contributed by atoms with Crippen LogP contribution in [0.4, 0.5) is 11.6 Å². The Kier molecular flexibility index (Phi) is 3.32. The minimum absolute atomic E-state index is 0.0295. The van der Waals surface area contributed by atoms with E-state index in [-0.39, 0.29) is 11.6 Å². The van der Waals surface area contributed by atoms with Gasteiger partial charge in [-0.1, -0.05) is 0 Å². The van der Waals surface area contributed by atoms with Crippen LogP contribution in [0.1, 0.15) is 10.4 Å². The minimum Gasteiger partial charge on any atom is -0.478 e. The molecular weight excluding hydrogens is 286 g/mol. The second kappa shape index (κ2) is 4.81. The highest BCUT2D eigenvalue weighted by Gasteiger charge is 2.24. The number of nitrogens with one attached hydrogen (secondary N) is 1. The standard InChI is InChI=1S/C10H11N5O4S/c1-15-10(12-5-13-15)14-20(18,19)8-3-2-6(11)4-7(8)9(16)17/h2-5H,11H2,1H3,(H,16,17)(H,12,13,14). The van der Waals surface area contributed by atoms with Crippen molar-refractivity contribution in [2.75, 3.05) is 10.5 Å². The van der Waals surface area contributed by atoms with E-state index in [0.29, 0.717) is 0 Å². The molecule has 0 amide bonds. The first kappa shape index (κ1) is 13.8. The fourth-order valence-corrected chi connectivity index (χ4v) is 2.73. The first-order chi connectivity index (χ1) is 9.31. The number of nitrogens with zero attached hydrogens (tertiary/aromatic N) is 3. The number of carboxylic acids is 1. The van der Waals surface area contributed by atoms with Crippen LogP contribution in [0.3, 0.4) is 0 Å². The zero-order valence-corrected chi connectivity index (χ0v) is 11.1. The molecule has 0 spiro atoms. The monoisotopic (exact) mass is 297 g/mol. The van der Waals surface area contributed by atoms with Crippen molar-refractivity contribution in [1.82, 2.24) is 14.8 Å². The molecule has 1 aromatic heterocycles. The zero-order valence-electron chi connectivity index (χ0n) is 10.3. The number of aromatic carboxylic acids is 1. The van der Waals surface area contributed by atoms with Crippen molar-refractivity contribution in [2.24, 2.45) is 7.05 Å². The van der Waals surface area contributed by atoms with E-state index in [2.05, 4.69) is 14.8 Å². The molecule has 0 aliphatic heterocycles. The van der Waals surface area contributed by atoms with Crippen molar-refractivity contribution >= 4 is 27.6 Å². The summed E-state index contributed by atoms with van der Waals surface area (Å²) in [6.45, 7) is 0. The molecule has 1 aromatic carbocycles. The fraction of sp³-hybridized carbons (Fsp3) is 0.100. The lowest BCUT2D eigenvalue weighted by atomic mass is 10.2. The van der Waals surface area contributed by atoms with Gasteiger partial charge >= 0.3 is 5.97 Å². The fourth-order valence-electron chi connectivity index (χ4n) is 1.51. The number of hydrogen-bond donors (Lipinski definition) is 3. The number of rotatable bonds is 4. The molecule has 106 valence electrons. The van der Waals surface area contributed by atoms with Crippen molar-refractivity contribution < 1.29 is 18.3 Å². The molecule has 1 heterocycles. The lowest BCUT2D eigenvalue weighted by molar-refractivity contribution is 0.0692. The van der Waals surface area contributed by atoms with Gasteiger partial charge in [-0.2, -0.15) is 10.1 Å². The number of nitrogen functional groups attached to an aromatic ring is 1. The quantitative estimate of drug-likeness (QED) is 0.669. The molecule has 20 heavy (non-hydrogen) atoms. The van der Waals surface area contributed by atoms with Gasteiger partial charge in [0.25, 0.3) is 10.0 Å². The maximum atomic E-state index is 12.2. The van der Waals surface area contributed by atoms with Gasteiger partial charge in [0.2, 0.25) is 5.95 Å². The van der Waals surface area contributed by atoms with Crippen LogP contribution in [0.2, 0.25) is 0 Å². The highest BCUT2D eigenvalue weighted by molar-refractivity contribution is 7.92. The molecule has 0 saturated heterocycles. The van der Waals surface area contributed by atoms with Crippen molar-refractivity contribution in [2.45, 2.75) is 4.90 Å². The van der Waals surface area contributed by atoms with Gasteiger partial charge in [-0.25, -0.2) is 22.6 Å². The number of aromatic nitrogens is 3. The third-order valence-corrected chi connectivity index (χ3v) is 3.85. The molecule has 0 atom stereocenters. The van der Waals surface area contributed by atoms with Gasteiger partial charge in [-0.15, -0.1) is 0 Å². The Hall–Kier alpha value is -2.62. The highest BCUT2D eigenvalue weighted by Crippen LogP contribution is 2.21. The Bertz CT molecular complexity index is 768. The zero-order chi connectivity index (χ0) is 14.9. The van der Waals surface area contributed by atoms with Crippen LogP contribution in [0.15, 0.2) is 29.4 Å². The summed E-state index contributed by atoms with van der Waals surface area (Å²) in [5.41, 5.74) is 5.20. The predicted molar refractivity (Wildman–Crippen MR) is 69.6 cm³/mol. The number of anilines is 2. The van der Waals surface area contributed by atoms with E-state index in [4.69, 9.17) is 10.8 Å². The minimum atomic E-state index is -4.11. The smallest absolute Gasteiger partial charge is 0.337 e. The van der Waals surface area contributed by atoms with E-state index < -0.39 is 26.5 Å². The summed E-state index contributed by atoms with van der Waals surface area (Å²) in [7, 11) is -2.62.